The van der Waals surface area contributed by atoms with Crippen molar-refractivity contribution in [2.24, 2.45) is 0 Å². The van der Waals surface area contributed by atoms with E-state index in [0.29, 0.717) is 31.7 Å². The van der Waals surface area contributed by atoms with Gasteiger partial charge in [0.15, 0.2) is 9.84 Å². The van der Waals surface area contributed by atoms with Crippen molar-refractivity contribution >= 4 is 15.7 Å². The Morgan fingerprint density at radius 1 is 1.24 bits per heavy atom. The SMILES string of the molecule is O=C(NCC1=CCNCC1)c1cccc(CN2CCS(=O)(=O)CC2)c1. The summed E-state index contributed by atoms with van der Waals surface area (Å²) in [5, 5.41) is 6.24. The standard InChI is InChI=1S/C18H25N3O3S/c22-18(20-13-15-4-6-19-7-5-15)17-3-1-2-16(12-17)14-21-8-10-25(23,24)11-9-21/h1-4,12,19H,5-11,13-14H2,(H,20,22). The number of hydrogen-bond donors (Lipinski definition) is 2. The van der Waals surface area contributed by atoms with Gasteiger partial charge in [0.05, 0.1) is 11.5 Å². The molecule has 2 heterocycles. The average Bonchev–Trinajstić information content (AvgIpc) is 2.63. The van der Waals surface area contributed by atoms with Crippen molar-refractivity contribution < 1.29 is 13.2 Å². The highest BCUT2D eigenvalue weighted by atomic mass is 32.2. The van der Waals surface area contributed by atoms with Crippen LogP contribution >= 0.6 is 0 Å². The van der Waals surface area contributed by atoms with Crippen molar-refractivity contribution in [3.8, 4) is 0 Å². The smallest absolute Gasteiger partial charge is 0.251 e. The summed E-state index contributed by atoms with van der Waals surface area (Å²) in [6.07, 6.45) is 3.10. The summed E-state index contributed by atoms with van der Waals surface area (Å²) in [6.45, 7) is 4.21. The topological polar surface area (TPSA) is 78.5 Å². The second-order valence-corrected chi connectivity index (χ2v) is 8.93. The fraction of sp³-hybridized carbons (Fsp3) is 0.500. The molecule has 0 atom stereocenters. The maximum Gasteiger partial charge on any atom is 0.251 e. The van der Waals surface area contributed by atoms with Crippen LogP contribution in [-0.2, 0) is 16.4 Å². The van der Waals surface area contributed by atoms with E-state index in [0.717, 1.165) is 25.1 Å². The summed E-state index contributed by atoms with van der Waals surface area (Å²) >= 11 is 0. The number of benzene rings is 1. The van der Waals surface area contributed by atoms with Crippen molar-refractivity contribution in [3.05, 3.63) is 47.0 Å². The van der Waals surface area contributed by atoms with Gasteiger partial charge in [0, 0.05) is 38.3 Å². The van der Waals surface area contributed by atoms with Gasteiger partial charge in [-0.05, 0) is 30.7 Å². The van der Waals surface area contributed by atoms with Crippen molar-refractivity contribution in [1.29, 1.82) is 0 Å². The molecule has 136 valence electrons. The van der Waals surface area contributed by atoms with Crippen molar-refractivity contribution in [1.82, 2.24) is 15.5 Å². The van der Waals surface area contributed by atoms with Crippen molar-refractivity contribution in [3.63, 3.8) is 0 Å². The molecule has 1 saturated heterocycles. The molecule has 1 aromatic carbocycles. The summed E-state index contributed by atoms with van der Waals surface area (Å²) < 4.78 is 23.0. The Balaban J connectivity index is 1.55. The molecule has 2 aliphatic rings. The lowest BCUT2D eigenvalue weighted by molar-refractivity contribution is 0.0956. The Hall–Kier alpha value is -1.70. The van der Waals surface area contributed by atoms with Crippen LogP contribution in [0.4, 0.5) is 0 Å². The molecule has 0 aromatic heterocycles. The lowest BCUT2D eigenvalue weighted by Gasteiger charge is -2.26. The van der Waals surface area contributed by atoms with Crippen LogP contribution in [0.2, 0.25) is 0 Å². The van der Waals surface area contributed by atoms with Crippen LogP contribution in [0.5, 0.6) is 0 Å². The van der Waals surface area contributed by atoms with Gasteiger partial charge in [0.1, 0.15) is 0 Å². The van der Waals surface area contributed by atoms with Gasteiger partial charge in [0.25, 0.3) is 5.91 Å². The molecule has 2 N–H and O–H groups in total. The maximum atomic E-state index is 12.4. The molecule has 6 nitrogen and oxygen atoms in total. The largest absolute Gasteiger partial charge is 0.348 e. The number of carbonyl (C=O) groups is 1. The zero-order valence-corrected chi connectivity index (χ0v) is 15.1. The number of hydrogen-bond acceptors (Lipinski definition) is 5. The van der Waals surface area contributed by atoms with E-state index in [9.17, 15) is 13.2 Å². The summed E-state index contributed by atoms with van der Waals surface area (Å²) in [5.74, 6) is 0.372. The third kappa shape index (κ3) is 5.39. The lowest BCUT2D eigenvalue weighted by atomic mass is 10.1. The highest BCUT2D eigenvalue weighted by molar-refractivity contribution is 7.91. The normalized spacial score (nSPS) is 20.7. The van der Waals surface area contributed by atoms with Gasteiger partial charge in [-0.1, -0.05) is 23.8 Å². The molecule has 0 saturated carbocycles. The quantitative estimate of drug-likeness (QED) is 0.748. The summed E-state index contributed by atoms with van der Waals surface area (Å²) in [4.78, 5) is 14.5. The van der Waals surface area contributed by atoms with Crippen LogP contribution in [0.15, 0.2) is 35.9 Å². The van der Waals surface area contributed by atoms with Gasteiger partial charge in [-0.15, -0.1) is 0 Å². The fourth-order valence-electron chi connectivity index (χ4n) is 3.10. The third-order valence-corrected chi connectivity index (χ3v) is 6.28. The zero-order chi connectivity index (χ0) is 17.7. The average molecular weight is 363 g/mol. The van der Waals surface area contributed by atoms with Crippen LogP contribution < -0.4 is 10.6 Å². The van der Waals surface area contributed by atoms with Crippen molar-refractivity contribution in [2.75, 3.05) is 44.2 Å². The van der Waals surface area contributed by atoms with Gasteiger partial charge in [-0.3, -0.25) is 9.69 Å². The first kappa shape index (κ1) is 18.1. The Morgan fingerprint density at radius 3 is 2.76 bits per heavy atom. The minimum Gasteiger partial charge on any atom is -0.348 e. The summed E-state index contributed by atoms with van der Waals surface area (Å²) in [5.41, 5.74) is 2.95. The van der Waals surface area contributed by atoms with E-state index in [4.69, 9.17) is 0 Å². The maximum absolute atomic E-state index is 12.4. The molecule has 7 heteroatoms. The van der Waals surface area contributed by atoms with Gasteiger partial charge in [0.2, 0.25) is 0 Å². The molecule has 0 spiro atoms. The molecule has 1 amide bonds. The molecule has 1 fully saturated rings. The van der Waals surface area contributed by atoms with Crippen LogP contribution in [0.25, 0.3) is 0 Å². The van der Waals surface area contributed by atoms with Gasteiger partial charge in [-0.25, -0.2) is 8.42 Å². The second kappa shape index (κ2) is 8.12. The van der Waals surface area contributed by atoms with E-state index in [-0.39, 0.29) is 17.4 Å². The molecule has 0 unspecified atom stereocenters. The zero-order valence-electron chi connectivity index (χ0n) is 14.3. The van der Waals surface area contributed by atoms with E-state index in [1.807, 2.05) is 24.3 Å². The van der Waals surface area contributed by atoms with E-state index in [1.54, 1.807) is 0 Å². The van der Waals surface area contributed by atoms with Gasteiger partial charge >= 0.3 is 0 Å². The van der Waals surface area contributed by atoms with Gasteiger partial charge < -0.3 is 10.6 Å². The molecule has 0 bridgehead atoms. The molecular formula is C18H25N3O3S. The van der Waals surface area contributed by atoms with Crippen molar-refractivity contribution in [2.45, 2.75) is 13.0 Å². The van der Waals surface area contributed by atoms with Crippen LogP contribution in [0.3, 0.4) is 0 Å². The van der Waals surface area contributed by atoms with Crippen LogP contribution in [0, 0.1) is 0 Å². The minimum atomic E-state index is -2.86. The van der Waals surface area contributed by atoms with Crippen LogP contribution in [0.1, 0.15) is 22.3 Å². The molecule has 0 aliphatic carbocycles. The Kier molecular flexibility index (Phi) is 5.88. The highest BCUT2D eigenvalue weighted by Gasteiger charge is 2.21. The minimum absolute atomic E-state index is 0.0671. The molecular weight excluding hydrogens is 338 g/mol. The highest BCUT2D eigenvalue weighted by Crippen LogP contribution is 2.12. The molecule has 1 aromatic rings. The van der Waals surface area contributed by atoms with Gasteiger partial charge in [-0.2, -0.15) is 0 Å². The van der Waals surface area contributed by atoms with Crippen LogP contribution in [-0.4, -0.2) is 63.5 Å². The Bertz CT molecular complexity index is 745. The first-order valence-corrected chi connectivity index (χ1v) is 10.5. The summed E-state index contributed by atoms with van der Waals surface area (Å²) in [7, 11) is -2.86. The monoisotopic (exact) mass is 363 g/mol. The Morgan fingerprint density at radius 2 is 2.04 bits per heavy atom. The number of nitrogens with one attached hydrogen (secondary N) is 2. The molecule has 0 radical (unpaired) electrons. The van der Waals surface area contributed by atoms with E-state index in [1.165, 1.54) is 5.57 Å². The number of sulfone groups is 1. The number of rotatable bonds is 5. The lowest BCUT2D eigenvalue weighted by Crippen LogP contribution is -2.39. The molecule has 2 aliphatic heterocycles. The van der Waals surface area contributed by atoms with E-state index in [2.05, 4.69) is 21.6 Å². The molecule has 25 heavy (non-hydrogen) atoms. The summed E-state index contributed by atoms with van der Waals surface area (Å²) in [6, 6.07) is 7.58. The first-order valence-electron chi connectivity index (χ1n) is 8.70. The fourth-order valence-corrected chi connectivity index (χ4v) is 4.38. The Labute approximate surface area is 149 Å². The number of nitrogens with zero attached hydrogens (tertiary/aromatic N) is 1. The van der Waals surface area contributed by atoms with E-state index < -0.39 is 9.84 Å². The number of amides is 1. The second-order valence-electron chi connectivity index (χ2n) is 6.63. The third-order valence-electron chi connectivity index (χ3n) is 4.67. The first-order chi connectivity index (χ1) is 12.0. The predicted octanol–water partition coefficient (Wildman–Crippen LogP) is 0.567. The number of carbonyl (C=O) groups excluding carboxylic acids is 1. The van der Waals surface area contributed by atoms with E-state index >= 15 is 0 Å². The predicted molar refractivity (Wildman–Crippen MR) is 98.3 cm³/mol. The molecule has 3 rings (SSSR count).